The Morgan fingerprint density at radius 2 is 1.70 bits per heavy atom. The highest BCUT2D eigenvalue weighted by atomic mass is 35.5. The van der Waals surface area contributed by atoms with Crippen LogP contribution in [0.1, 0.15) is 19.4 Å². The van der Waals surface area contributed by atoms with E-state index in [2.05, 4.69) is 4.74 Å². The van der Waals surface area contributed by atoms with Crippen molar-refractivity contribution in [1.29, 1.82) is 0 Å². The van der Waals surface area contributed by atoms with Gasteiger partial charge in [0.15, 0.2) is 0 Å². The molecule has 0 heterocycles. The van der Waals surface area contributed by atoms with Crippen molar-refractivity contribution in [2.45, 2.75) is 32.4 Å². The molecule has 4 N–H and O–H groups in total. The summed E-state index contributed by atoms with van der Waals surface area (Å²) in [5, 5.41) is 0.600. The number of hydrogen-bond donors (Lipinski definition) is 2. The van der Waals surface area contributed by atoms with Crippen LogP contribution in [0.2, 0.25) is 5.02 Å². The third-order valence-electron chi connectivity index (χ3n) is 2.86. The molecule has 0 aliphatic rings. The fourth-order valence-corrected chi connectivity index (χ4v) is 1.60. The summed E-state index contributed by atoms with van der Waals surface area (Å²) in [6, 6.07) is 5.18. The predicted octanol–water partition coefficient (Wildman–Crippen LogP) is 1.26. The molecule has 1 aromatic carbocycles. The second kappa shape index (κ2) is 7.38. The van der Waals surface area contributed by atoms with E-state index in [1.165, 1.54) is 0 Å². The highest BCUT2D eigenvalue weighted by Gasteiger charge is 2.25. The summed E-state index contributed by atoms with van der Waals surface area (Å²) in [5.41, 5.74) is 12.1. The van der Waals surface area contributed by atoms with Crippen molar-refractivity contribution in [3.8, 4) is 0 Å². The zero-order valence-corrected chi connectivity index (χ0v) is 12.3. The Morgan fingerprint density at radius 1 is 1.15 bits per heavy atom. The van der Waals surface area contributed by atoms with Gasteiger partial charge in [0.2, 0.25) is 0 Å². The molecule has 0 radical (unpaired) electrons. The number of nitrogens with two attached hydrogens (primary N) is 2. The Kier molecular flexibility index (Phi) is 6.13. The van der Waals surface area contributed by atoms with Crippen LogP contribution in [0.5, 0.6) is 0 Å². The molecular formula is C14H19ClN2O3. The molecule has 0 saturated carbocycles. The number of hydrogen-bond acceptors (Lipinski definition) is 5. The maximum Gasteiger partial charge on any atom is 0.330 e. The lowest BCUT2D eigenvalue weighted by atomic mass is 10.1. The Bertz CT molecular complexity index is 474. The maximum absolute atomic E-state index is 11.7. The molecule has 0 spiro atoms. The van der Waals surface area contributed by atoms with E-state index in [0.717, 1.165) is 5.56 Å². The van der Waals surface area contributed by atoms with Crippen LogP contribution >= 0.6 is 11.6 Å². The Hall–Kier alpha value is -1.43. The average molecular weight is 299 g/mol. The van der Waals surface area contributed by atoms with E-state index in [0.29, 0.717) is 5.02 Å². The highest BCUT2D eigenvalue weighted by molar-refractivity contribution is 6.30. The summed E-state index contributed by atoms with van der Waals surface area (Å²) < 4.78 is 4.68. The summed E-state index contributed by atoms with van der Waals surface area (Å²) in [4.78, 5) is 23.3. The predicted molar refractivity (Wildman–Crippen MR) is 77.0 cm³/mol. The standard InChI is InChI=1S/C14H19ClN2O3/c1-8(2)12(17)14(19)20-13(18)11(16)7-9-3-5-10(15)6-4-9/h3-6,8,11-12H,7,16-17H2,1-2H3/t11-,12-/m0/s1. The molecular weight excluding hydrogens is 280 g/mol. The van der Waals surface area contributed by atoms with Crippen LogP contribution in [-0.2, 0) is 20.7 Å². The largest absolute Gasteiger partial charge is 0.391 e. The number of carbonyl (C=O) groups excluding carboxylic acids is 2. The van der Waals surface area contributed by atoms with E-state index >= 15 is 0 Å². The lowest BCUT2D eigenvalue weighted by Crippen LogP contribution is -2.42. The van der Waals surface area contributed by atoms with Crippen molar-refractivity contribution in [3.63, 3.8) is 0 Å². The van der Waals surface area contributed by atoms with Crippen molar-refractivity contribution in [3.05, 3.63) is 34.9 Å². The topological polar surface area (TPSA) is 95.4 Å². The second-order valence-electron chi connectivity index (χ2n) is 4.95. The van der Waals surface area contributed by atoms with Crippen LogP contribution in [-0.4, -0.2) is 24.0 Å². The molecule has 0 bridgehead atoms. The quantitative estimate of drug-likeness (QED) is 0.630. The molecule has 110 valence electrons. The van der Waals surface area contributed by atoms with Gasteiger partial charge in [-0.2, -0.15) is 0 Å². The average Bonchev–Trinajstić information content (AvgIpc) is 2.40. The molecule has 5 nitrogen and oxygen atoms in total. The van der Waals surface area contributed by atoms with Crippen molar-refractivity contribution in [2.75, 3.05) is 0 Å². The van der Waals surface area contributed by atoms with Crippen LogP contribution in [0.15, 0.2) is 24.3 Å². The number of benzene rings is 1. The maximum atomic E-state index is 11.7. The lowest BCUT2D eigenvalue weighted by molar-refractivity contribution is -0.162. The summed E-state index contributed by atoms with van der Waals surface area (Å²) in [5.74, 6) is -1.64. The second-order valence-corrected chi connectivity index (χ2v) is 5.38. The van der Waals surface area contributed by atoms with E-state index in [1.807, 2.05) is 0 Å². The first-order valence-electron chi connectivity index (χ1n) is 6.32. The molecule has 0 aliphatic carbocycles. The fraction of sp³-hybridized carbons (Fsp3) is 0.429. The van der Waals surface area contributed by atoms with E-state index in [4.69, 9.17) is 23.1 Å². The molecule has 0 amide bonds. The molecule has 0 fully saturated rings. The van der Waals surface area contributed by atoms with Gasteiger partial charge in [-0.25, -0.2) is 9.59 Å². The number of ether oxygens (including phenoxy) is 1. The van der Waals surface area contributed by atoms with Gasteiger partial charge in [-0.15, -0.1) is 0 Å². The minimum Gasteiger partial charge on any atom is -0.391 e. The van der Waals surface area contributed by atoms with Gasteiger partial charge in [0.1, 0.15) is 12.1 Å². The molecule has 0 saturated heterocycles. The van der Waals surface area contributed by atoms with Gasteiger partial charge >= 0.3 is 11.9 Å². The van der Waals surface area contributed by atoms with E-state index in [1.54, 1.807) is 38.1 Å². The van der Waals surface area contributed by atoms with Gasteiger partial charge in [-0.05, 0) is 30.0 Å². The summed E-state index contributed by atoms with van der Waals surface area (Å²) in [6.45, 7) is 3.54. The van der Waals surface area contributed by atoms with E-state index in [-0.39, 0.29) is 12.3 Å². The van der Waals surface area contributed by atoms with Gasteiger partial charge in [-0.3, -0.25) is 0 Å². The van der Waals surface area contributed by atoms with Crippen LogP contribution in [0, 0.1) is 5.92 Å². The fourth-order valence-electron chi connectivity index (χ4n) is 1.47. The zero-order chi connectivity index (χ0) is 15.3. The Labute approximate surface area is 123 Å². The van der Waals surface area contributed by atoms with E-state index in [9.17, 15) is 9.59 Å². The van der Waals surface area contributed by atoms with Gasteiger partial charge in [0.25, 0.3) is 0 Å². The normalized spacial score (nSPS) is 13.9. The molecule has 1 aromatic rings. The zero-order valence-electron chi connectivity index (χ0n) is 11.5. The molecule has 20 heavy (non-hydrogen) atoms. The number of esters is 2. The number of rotatable bonds is 5. The highest BCUT2D eigenvalue weighted by Crippen LogP contribution is 2.11. The van der Waals surface area contributed by atoms with E-state index < -0.39 is 24.0 Å². The van der Waals surface area contributed by atoms with Gasteiger partial charge < -0.3 is 16.2 Å². The first-order chi connectivity index (χ1) is 9.31. The van der Waals surface area contributed by atoms with Crippen LogP contribution in [0.4, 0.5) is 0 Å². The van der Waals surface area contributed by atoms with Crippen molar-refractivity contribution < 1.29 is 14.3 Å². The molecule has 0 aromatic heterocycles. The minimum atomic E-state index is -0.917. The lowest BCUT2D eigenvalue weighted by Gasteiger charge is -2.15. The smallest absolute Gasteiger partial charge is 0.330 e. The SMILES string of the molecule is CC(C)[C@H](N)C(=O)OC(=O)[C@@H](N)Cc1ccc(Cl)cc1. The molecule has 6 heteroatoms. The van der Waals surface area contributed by atoms with Crippen molar-refractivity contribution in [1.82, 2.24) is 0 Å². The van der Waals surface area contributed by atoms with Gasteiger partial charge in [-0.1, -0.05) is 37.6 Å². The summed E-state index contributed by atoms with van der Waals surface area (Å²) in [6.07, 6.45) is 0.264. The van der Waals surface area contributed by atoms with Crippen molar-refractivity contribution >= 4 is 23.5 Å². The number of halogens is 1. The first-order valence-corrected chi connectivity index (χ1v) is 6.70. The summed E-state index contributed by atoms with van der Waals surface area (Å²) >= 11 is 5.76. The van der Waals surface area contributed by atoms with Crippen molar-refractivity contribution in [2.24, 2.45) is 17.4 Å². The van der Waals surface area contributed by atoms with Gasteiger partial charge in [0, 0.05) is 5.02 Å². The summed E-state index contributed by atoms with van der Waals surface area (Å²) in [7, 11) is 0. The molecule has 0 unspecified atom stereocenters. The number of carbonyl (C=O) groups is 2. The Balaban J connectivity index is 2.55. The monoisotopic (exact) mass is 298 g/mol. The Morgan fingerprint density at radius 3 is 2.20 bits per heavy atom. The first kappa shape index (κ1) is 16.6. The van der Waals surface area contributed by atoms with Crippen LogP contribution in [0.3, 0.4) is 0 Å². The molecule has 1 rings (SSSR count). The third kappa shape index (κ3) is 4.92. The molecule has 2 atom stereocenters. The third-order valence-corrected chi connectivity index (χ3v) is 3.12. The van der Waals surface area contributed by atoms with Crippen LogP contribution < -0.4 is 11.5 Å². The minimum absolute atomic E-state index is 0.109. The van der Waals surface area contributed by atoms with Gasteiger partial charge in [0.05, 0.1) is 0 Å². The molecule has 0 aliphatic heterocycles. The van der Waals surface area contributed by atoms with Crippen LogP contribution in [0.25, 0.3) is 0 Å².